The van der Waals surface area contributed by atoms with Crippen LogP contribution in [0.15, 0.2) is 6.20 Å². The van der Waals surface area contributed by atoms with Gasteiger partial charge in [0.05, 0.1) is 11.9 Å². The second-order valence-electron chi connectivity index (χ2n) is 3.17. The number of fused-ring (bicyclic) bond motifs is 1. The van der Waals surface area contributed by atoms with Crippen LogP contribution in [0.5, 0.6) is 0 Å². The number of nitrogens with zero attached hydrogens (tertiary/aromatic N) is 3. The predicted molar refractivity (Wildman–Crippen MR) is 49.7 cm³/mol. The quantitative estimate of drug-likeness (QED) is 0.675. The summed E-state index contributed by atoms with van der Waals surface area (Å²) in [7, 11) is 0. The molecule has 2 rings (SSSR count). The van der Waals surface area contributed by atoms with Gasteiger partial charge in [-0.05, 0) is 12.8 Å². The number of rotatable bonds is 1. The topological polar surface area (TPSA) is 30.2 Å². The molecule has 0 aromatic carbocycles. The largest absolute Gasteiger partial charge is 0.222 e. The van der Waals surface area contributed by atoms with E-state index in [4.69, 9.17) is 0 Å². The minimum absolute atomic E-state index is 0.485. The summed E-state index contributed by atoms with van der Waals surface area (Å²) < 4.78 is 1.86. The van der Waals surface area contributed by atoms with Gasteiger partial charge in [0.15, 0.2) is 0 Å². The minimum atomic E-state index is 0.485. The second-order valence-corrected chi connectivity index (χ2v) is 4.33. The molecular formula is C8H11N3S. The lowest BCUT2D eigenvalue weighted by atomic mass is 10.2. The molecule has 2 aromatic heterocycles. The molecule has 0 saturated carbocycles. The van der Waals surface area contributed by atoms with Crippen molar-refractivity contribution < 1.29 is 0 Å². The Morgan fingerprint density at radius 1 is 1.50 bits per heavy atom. The fourth-order valence-electron chi connectivity index (χ4n) is 1.09. The van der Waals surface area contributed by atoms with Gasteiger partial charge in [0.1, 0.15) is 5.01 Å². The van der Waals surface area contributed by atoms with Crippen LogP contribution in [0.1, 0.15) is 30.5 Å². The molecule has 0 unspecified atom stereocenters. The number of aromatic nitrogens is 3. The molecule has 0 N–H and O–H groups in total. The molecule has 2 aromatic rings. The van der Waals surface area contributed by atoms with Crippen LogP contribution in [-0.4, -0.2) is 14.6 Å². The molecule has 0 atom stereocenters. The fourth-order valence-corrected chi connectivity index (χ4v) is 1.83. The van der Waals surface area contributed by atoms with Crippen LogP contribution >= 0.6 is 11.3 Å². The van der Waals surface area contributed by atoms with Gasteiger partial charge in [0, 0.05) is 0 Å². The van der Waals surface area contributed by atoms with Crippen molar-refractivity contribution in [3.63, 3.8) is 0 Å². The summed E-state index contributed by atoms with van der Waals surface area (Å²) in [5, 5.41) is 5.35. The molecule has 0 bridgehead atoms. The Kier molecular flexibility index (Phi) is 1.65. The number of aryl methyl sites for hydroxylation is 1. The van der Waals surface area contributed by atoms with Gasteiger partial charge in [-0.15, -0.1) is 0 Å². The first kappa shape index (κ1) is 7.73. The van der Waals surface area contributed by atoms with Gasteiger partial charge in [0.25, 0.3) is 0 Å². The normalized spacial score (nSPS) is 11.7. The first-order valence-corrected chi connectivity index (χ1v) is 4.81. The number of hydrogen-bond donors (Lipinski definition) is 0. The average Bonchev–Trinajstić information content (AvgIpc) is 2.42. The summed E-state index contributed by atoms with van der Waals surface area (Å²) in [6.07, 6.45) is 2.00. The van der Waals surface area contributed by atoms with Crippen LogP contribution in [-0.2, 0) is 0 Å². The van der Waals surface area contributed by atoms with E-state index < -0.39 is 0 Å². The Balaban J connectivity index is 2.57. The zero-order valence-electron chi connectivity index (χ0n) is 7.40. The van der Waals surface area contributed by atoms with E-state index in [2.05, 4.69) is 23.9 Å². The maximum Gasteiger partial charge on any atom is 0.212 e. The Labute approximate surface area is 75.1 Å². The predicted octanol–water partition coefficient (Wildman–Crippen LogP) is 2.22. The zero-order chi connectivity index (χ0) is 8.72. The van der Waals surface area contributed by atoms with E-state index in [1.165, 1.54) is 0 Å². The molecule has 12 heavy (non-hydrogen) atoms. The highest BCUT2D eigenvalue weighted by Gasteiger charge is 2.07. The molecule has 64 valence electrons. The van der Waals surface area contributed by atoms with Crippen LogP contribution in [0.25, 0.3) is 4.96 Å². The molecule has 0 radical (unpaired) electrons. The fraction of sp³-hybridized carbons (Fsp3) is 0.500. The lowest BCUT2D eigenvalue weighted by Gasteiger charge is -1.94. The summed E-state index contributed by atoms with van der Waals surface area (Å²) in [5.74, 6) is 0.485. The maximum absolute atomic E-state index is 4.45. The van der Waals surface area contributed by atoms with E-state index in [0.717, 1.165) is 15.7 Å². The maximum atomic E-state index is 4.45. The van der Waals surface area contributed by atoms with Gasteiger partial charge in [-0.25, -0.2) is 9.50 Å². The van der Waals surface area contributed by atoms with Crippen molar-refractivity contribution in [2.45, 2.75) is 26.7 Å². The third-order valence-corrected chi connectivity index (χ3v) is 2.59. The molecule has 2 heterocycles. The van der Waals surface area contributed by atoms with Crippen molar-refractivity contribution in [2.75, 3.05) is 0 Å². The monoisotopic (exact) mass is 181 g/mol. The van der Waals surface area contributed by atoms with Crippen LogP contribution in [0.4, 0.5) is 0 Å². The van der Waals surface area contributed by atoms with Crippen molar-refractivity contribution in [1.82, 2.24) is 14.6 Å². The van der Waals surface area contributed by atoms with Crippen molar-refractivity contribution in [3.05, 3.63) is 16.9 Å². The van der Waals surface area contributed by atoms with E-state index in [0.29, 0.717) is 5.92 Å². The zero-order valence-corrected chi connectivity index (χ0v) is 8.22. The SMILES string of the molecule is Cc1nn2cc(C(C)C)nc2s1. The van der Waals surface area contributed by atoms with Crippen molar-refractivity contribution in [1.29, 1.82) is 0 Å². The van der Waals surface area contributed by atoms with Gasteiger partial charge in [0.2, 0.25) is 4.96 Å². The van der Waals surface area contributed by atoms with E-state index in [-0.39, 0.29) is 0 Å². The summed E-state index contributed by atoms with van der Waals surface area (Å²) in [4.78, 5) is 5.45. The van der Waals surface area contributed by atoms with Gasteiger partial charge < -0.3 is 0 Å². The summed E-state index contributed by atoms with van der Waals surface area (Å²) in [6, 6.07) is 0. The molecular weight excluding hydrogens is 170 g/mol. The van der Waals surface area contributed by atoms with Crippen molar-refractivity contribution in [3.8, 4) is 0 Å². The lowest BCUT2D eigenvalue weighted by molar-refractivity contribution is 0.828. The molecule has 0 amide bonds. The average molecular weight is 181 g/mol. The Bertz CT molecular complexity index is 368. The van der Waals surface area contributed by atoms with Crippen molar-refractivity contribution >= 4 is 16.3 Å². The molecule has 0 aliphatic carbocycles. The van der Waals surface area contributed by atoms with Gasteiger partial charge in [-0.3, -0.25) is 0 Å². The third-order valence-electron chi connectivity index (χ3n) is 1.75. The van der Waals surface area contributed by atoms with E-state index in [9.17, 15) is 0 Å². The summed E-state index contributed by atoms with van der Waals surface area (Å²) >= 11 is 1.63. The van der Waals surface area contributed by atoms with Crippen molar-refractivity contribution in [2.24, 2.45) is 0 Å². The molecule has 4 heteroatoms. The van der Waals surface area contributed by atoms with Crippen LogP contribution < -0.4 is 0 Å². The van der Waals surface area contributed by atoms with E-state index >= 15 is 0 Å². The third kappa shape index (κ3) is 1.12. The Hall–Kier alpha value is -0.900. The number of imidazole rings is 1. The van der Waals surface area contributed by atoms with Crippen LogP contribution in [0.2, 0.25) is 0 Å². The standard InChI is InChI=1S/C8H11N3S/c1-5(2)7-4-11-8(9-7)12-6(3)10-11/h4-5H,1-3H3. The molecule has 0 fully saturated rings. The second kappa shape index (κ2) is 2.55. The summed E-state index contributed by atoms with van der Waals surface area (Å²) in [5.41, 5.74) is 1.12. The van der Waals surface area contributed by atoms with E-state index in [1.807, 2.05) is 17.6 Å². The first-order valence-electron chi connectivity index (χ1n) is 3.99. The Morgan fingerprint density at radius 2 is 2.25 bits per heavy atom. The van der Waals surface area contributed by atoms with Gasteiger partial charge >= 0.3 is 0 Å². The molecule has 0 aliphatic heterocycles. The van der Waals surface area contributed by atoms with E-state index in [1.54, 1.807) is 11.3 Å². The lowest BCUT2D eigenvalue weighted by Crippen LogP contribution is -1.86. The molecule has 3 nitrogen and oxygen atoms in total. The highest BCUT2D eigenvalue weighted by molar-refractivity contribution is 7.16. The Morgan fingerprint density at radius 3 is 2.83 bits per heavy atom. The van der Waals surface area contributed by atoms with Gasteiger partial charge in [-0.2, -0.15) is 5.10 Å². The van der Waals surface area contributed by atoms with Crippen LogP contribution in [0.3, 0.4) is 0 Å². The molecule has 0 aliphatic rings. The smallest absolute Gasteiger partial charge is 0.212 e. The highest BCUT2D eigenvalue weighted by Crippen LogP contribution is 2.18. The van der Waals surface area contributed by atoms with Crippen LogP contribution in [0, 0.1) is 6.92 Å². The minimum Gasteiger partial charge on any atom is -0.222 e. The number of hydrogen-bond acceptors (Lipinski definition) is 3. The summed E-state index contributed by atoms with van der Waals surface area (Å²) in [6.45, 7) is 6.27. The first-order chi connectivity index (χ1) is 5.66. The molecule has 0 spiro atoms. The van der Waals surface area contributed by atoms with Gasteiger partial charge in [-0.1, -0.05) is 25.2 Å². The highest BCUT2D eigenvalue weighted by atomic mass is 32.1. The molecule has 0 saturated heterocycles.